The van der Waals surface area contributed by atoms with Crippen molar-refractivity contribution in [2.45, 2.75) is 23.1 Å². The van der Waals surface area contributed by atoms with Crippen LogP contribution in [0.4, 0.5) is 24.7 Å². The molecule has 0 amide bonds. The molecule has 1 aromatic carbocycles. The number of amidine groups is 1. The van der Waals surface area contributed by atoms with Gasteiger partial charge in [0, 0.05) is 17.4 Å². The molecule has 0 radical (unpaired) electrons. The maximum Gasteiger partial charge on any atom is 0.272 e. The van der Waals surface area contributed by atoms with Crippen LogP contribution in [0.15, 0.2) is 41.7 Å². The Bertz CT molecular complexity index is 1410. The molecular weight excluding hydrogens is 481 g/mol. The van der Waals surface area contributed by atoms with Crippen LogP contribution >= 0.6 is 11.8 Å². The zero-order chi connectivity index (χ0) is 25.0. The molecule has 3 atom stereocenters. The van der Waals surface area contributed by atoms with E-state index < -0.39 is 34.6 Å². The van der Waals surface area contributed by atoms with Gasteiger partial charge in [-0.15, -0.1) is 6.42 Å². The van der Waals surface area contributed by atoms with Gasteiger partial charge in [0.05, 0.1) is 29.8 Å². The first-order chi connectivity index (χ1) is 16.7. The van der Waals surface area contributed by atoms with Gasteiger partial charge in [-0.1, -0.05) is 17.7 Å². The van der Waals surface area contributed by atoms with Gasteiger partial charge in [-0.3, -0.25) is 4.99 Å². The molecule has 4 N–H and O–H groups in total. The number of fused-ring (bicyclic) bond motifs is 2. The first kappa shape index (κ1) is 23.2. The van der Waals surface area contributed by atoms with E-state index in [-0.39, 0.29) is 23.2 Å². The average Bonchev–Trinajstić information content (AvgIpc) is 3.34. The molecule has 1 saturated carbocycles. The zero-order valence-corrected chi connectivity index (χ0v) is 19.1. The molecule has 12 heteroatoms. The number of halogens is 3. The lowest BCUT2D eigenvalue weighted by molar-refractivity contribution is 0.0685. The highest BCUT2D eigenvalue weighted by Gasteiger charge is 2.87. The predicted octanol–water partition coefficient (Wildman–Crippen LogP) is 3.19. The smallest absolute Gasteiger partial charge is 0.272 e. The lowest BCUT2D eigenvalue weighted by atomic mass is 9.85. The Morgan fingerprint density at radius 1 is 1.31 bits per heavy atom. The summed E-state index contributed by atoms with van der Waals surface area (Å²) < 4.78 is 48.2. The zero-order valence-electron chi connectivity index (χ0n) is 18.3. The summed E-state index contributed by atoms with van der Waals surface area (Å²) in [5.41, 5.74) is 5.31. The third-order valence-corrected chi connectivity index (χ3v) is 7.55. The highest BCUT2D eigenvalue weighted by atomic mass is 32.2. The van der Waals surface area contributed by atoms with Crippen LogP contribution in [0.25, 0.3) is 11.0 Å². The summed E-state index contributed by atoms with van der Waals surface area (Å²) in [4.78, 5) is 17.1. The van der Waals surface area contributed by atoms with E-state index in [1.807, 2.05) is 0 Å². The van der Waals surface area contributed by atoms with Crippen molar-refractivity contribution >= 4 is 39.5 Å². The van der Waals surface area contributed by atoms with Gasteiger partial charge in [0.2, 0.25) is 5.88 Å². The summed E-state index contributed by atoms with van der Waals surface area (Å²) in [5, 5.41) is 12.7. The molecule has 180 valence electrons. The van der Waals surface area contributed by atoms with Crippen LogP contribution < -0.4 is 15.8 Å². The van der Waals surface area contributed by atoms with E-state index in [0.717, 1.165) is 6.07 Å². The highest BCUT2D eigenvalue weighted by molar-refractivity contribution is 8.15. The standard InChI is InChI=1S/C23H19F3N6O2S/c1-3-8-34-16-10-29-17-15(31-16)6-7-28-18(17)30-12-4-5-14(24)13(9-12)21(2)19-22(11-33,23(19,25)26)35-20(27)32-21/h1,4-7,9-10,19,33H,8,11H2,2H3,(H2,27,32)(H,28,30)/t19?,21-,22-/m1/s1. The van der Waals surface area contributed by atoms with Gasteiger partial charge < -0.3 is 20.9 Å². The van der Waals surface area contributed by atoms with Gasteiger partial charge in [0.25, 0.3) is 5.92 Å². The molecule has 1 unspecified atom stereocenters. The van der Waals surface area contributed by atoms with Crippen LogP contribution in [0.2, 0.25) is 0 Å². The molecule has 0 bridgehead atoms. The van der Waals surface area contributed by atoms with Crippen molar-refractivity contribution in [3.8, 4) is 18.2 Å². The second-order valence-corrected chi connectivity index (χ2v) is 9.70. The van der Waals surface area contributed by atoms with Crippen molar-refractivity contribution in [3.63, 3.8) is 0 Å². The van der Waals surface area contributed by atoms with Crippen LogP contribution in [0.3, 0.4) is 0 Å². The van der Waals surface area contributed by atoms with Gasteiger partial charge in [-0.05, 0) is 31.2 Å². The maximum absolute atomic E-state index is 15.0. The summed E-state index contributed by atoms with van der Waals surface area (Å²) in [5.74, 6) is -2.54. The number of pyridine rings is 1. The number of thioether (sulfide) groups is 1. The number of aliphatic hydroxyl groups excluding tert-OH is 1. The minimum atomic E-state index is -3.28. The molecule has 35 heavy (non-hydrogen) atoms. The Morgan fingerprint density at radius 3 is 2.86 bits per heavy atom. The number of terminal acetylenes is 1. The van der Waals surface area contributed by atoms with E-state index in [4.69, 9.17) is 16.9 Å². The number of nitrogens with zero attached hydrogens (tertiary/aromatic N) is 4. The van der Waals surface area contributed by atoms with Crippen molar-refractivity contribution in [3.05, 3.63) is 48.0 Å². The Kier molecular flexibility index (Phi) is 5.30. The van der Waals surface area contributed by atoms with Gasteiger partial charge in [-0.2, -0.15) is 0 Å². The van der Waals surface area contributed by atoms with Gasteiger partial charge in [0.15, 0.2) is 17.6 Å². The van der Waals surface area contributed by atoms with Crippen LogP contribution in [-0.2, 0) is 5.54 Å². The quantitative estimate of drug-likeness (QED) is 0.442. The SMILES string of the molecule is C#CCOc1cnc2c(Nc3ccc(F)c([C@@]4(C)N=C(N)S[C@]5(CO)C4C5(F)F)c3)nccc2n1. The van der Waals surface area contributed by atoms with Crippen LogP contribution in [-0.4, -0.2) is 49.1 Å². The molecule has 1 aliphatic heterocycles. The van der Waals surface area contributed by atoms with E-state index in [0.29, 0.717) is 34.3 Å². The number of benzene rings is 1. The molecule has 5 rings (SSSR count). The molecular formula is C23H19F3N6O2S. The predicted molar refractivity (Wildman–Crippen MR) is 126 cm³/mol. The van der Waals surface area contributed by atoms with E-state index in [2.05, 4.69) is 31.2 Å². The molecule has 0 spiro atoms. The van der Waals surface area contributed by atoms with Crippen LogP contribution in [0, 0.1) is 24.1 Å². The topological polar surface area (TPSA) is 119 Å². The number of alkyl halides is 2. The number of aliphatic imine (C=N–C) groups is 1. The third-order valence-electron chi connectivity index (χ3n) is 6.25. The minimum Gasteiger partial charge on any atom is -0.463 e. The Labute approximate surface area is 202 Å². The molecule has 2 aliphatic rings. The van der Waals surface area contributed by atoms with Gasteiger partial charge in [-0.25, -0.2) is 28.1 Å². The fourth-order valence-electron chi connectivity index (χ4n) is 4.65. The highest BCUT2D eigenvalue weighted by Crippen LogP contribution is 2.74. The number of nitrogens with two attached hydrogens (primary N) is 1. The Morgan fingerprint density at radius 2 is 2.11 bits per heavy atom. The lowest BCUT2D eigenvalue weighted by Gasteiger charge is -2.32. The monoisotopic (exact) mass is 500 g/mol. The Hall–Kier alpha value is -3.56. The van der Waals surface area contributed by atoms with E-state index in [1.165, 1.54) is 31.5 Å². The molecule has 1 fully saturated rings. The maximum atomic E-state index is 15.0. The summed E-state index contributed by atoms with van der Waals surface area (Å²) >= 11 is 0.630. The molecule has 2 aromatic heterocycles. The molecule has 3 aromatic rings. The number of rotatable bonds is 6. The fourth-order valence-corrected chi connectivity index (χ4v) is 6.01. The van der Waals surface area contributed by atoms with E-state index in [9.17, 15) is 13.9 Å². The van der Waals surface area contributed by atoms with Crippen molar-refractivity contribution in [1.29, 1.82) is 0 Å². The van der Waals surface area contributed by atoms with Crippen LogP contribution in [0.5, 0.6) is 5.88 Å². The number of anilines is 2. The lowest BCUT2D eigenvalue weighted by Crippen LogP contribution is -2.37. The number of aromatic nitrogens is 3. The second-order valence-electron chi connectivity index (χ2n) is 8.35. The minimum absolute atomic E-state index is 0.0383. The first-order valence-corrected chi connectivity index (χ1v) is 11.3. The Balaban J connectivity index is 1.52. The molecule has 1 aliphatic carbocycles. The summed E-state index contributed by atoms with van der Waals surface area (Å²) in [6.45, 7) is 0.625. The summed E-state index contributed by atoms with van der Waals surface area (Å²) in [7, 11) is 0. The van der Waals surface area contributed by atoms with Crippen molar-refractivity contribution in [2.75, 3.05) is 18.5 Å². The summed E-state index contributed by atoms with van der Waals surface area (Å²) in [6, 6.07) is 5.61. The number of aliphatic hydroxyl groups is 1. The largest absolute Gasteiger partial charge is 0.463 e. The molecule has 3 heterocycles. The van der Waals surface area contributed by atoms with Crippen molar-refractivity contribution in [1.82, 2.24) is 15.0 Å². The first-order valence-electron chi connectivity index (χ1n) is 10.4. The van der Waals surface area contributed by atoms with Crippen molar-refractivity contribution in [2.24, 2.45) is 16.6 Å². The fraction of sp³-hybridized carbons (Fsp3) is 0.304. The number of nitrogens with one attached hydrogen (secondary N) is 1. The number of ether oxygens (including phenoxy) is 1. The average molecular weight is 501 g/mol. The normalized spacial score (nSPS) is 26.4. The summed E-state index contributed by atoms with van der Waals surface area (Å²) in [6.07, 6.45) is 8.09. The third kappa shape index (κ3) is 3.45. The molecule has 0 saturated heterocycles. The number of hydrogen-bond acceptors (Lipinski definition) is 9. The number of hydrogen-bond donors (Lipinski definition) is 3. The van der Waals surface area contributed by atoms with Gasteiger partial charge in [0.1, 0.15) is 16.1 Å². The van der Waals surface area contributed by atoms with E-state index in [1.54, 1.807) is 6.07 Å². The van der Waals surface area contributed by atoms with Crippen molar-refractivity contribution < 1.29 is 23.0 Å². The van der Waals surface area contributed by atoms with Gasteiger partial charge >= 0.3 is 0 Å². The molecule has 8 nitrogen and oxygen atoms in total. The van der Waals surface area contributed by atoms with E-state index >= 15 is 4.39 Å². The van der Waals surface area contributed by atoms with Crippen LogP contribution in [0.1, 0.15) is 12.5 Å². The second kappa shape index (κ2) is 8.00.